The monoisotopic (exact) mass is 271 g/mol. The van der Waals surface area contributed by atoms with Gasteiger partial charge in [-0.1, -0.05) is 19.8 Å². The van der Waals surface area contributed by atoms with Gasteiger partial charge in [0.1, 0.15) is 0 Å². The van der Waals surface area contributed by atoms with E-state index in [2.05, 4.69) is 32.7 Å². The molecule has 0 spiro atoms. The van der Waals surface area contributed by atoms with Crippen molar-refractivity contribution < 1.29 is 0 Å². The van der Waals surface area contributed by atoms with Crippen LogP contribution in [0.25, 0.3) is 0 Å². The first-order valence-electron chi connectivity index (χ1n) is 5.27. The quantitative estimate of drug-likeness (QED) is 0.838. The van der Waals surface area contributed by atoms with Crippen molar-refractivity contribution in [3.8, 4) is 0 Å². The molecule has 1 heterocycles. The van der Waals surface area contributed by atoms with E-state index in [1.807, 2.05) is 13.1 Å². The lowest BCUT2D eigenvalue weighted by atomic mass is 10.2. The summed E-state index contributed by atoms with van der Waals surface area (Å²) in [5, 5.41) is 0. The Hall–Kier alpha value is -0.770. The molecule has 0 fully saturated rings. The lowest BCUT2D eigenvalue weighted by Gasteiger charge is -2.19. The second kappa shape index (κ2) is 5.95. The highest BCUT2D eigenvalue weighted by molar-refractivity contribution is 9.10. The van der Waals surface area contributed by atoms with Crippen LogP contribution < -0.4 is 10.6 Å². The lowest BCUT2D eigenvalue weighted by Crippen LogP contribution is -2.20. The van der Waals surface area contributed by atoms with Crippen LogP contribution in [0.15, 0.2) is 16.7 Å². The molecule has 0 saturated heterocycles. The largest absolute Gasteiger partial charge is 0.396 e. The molecule has 84 valence electrons. The lowest BCUT2D eigenvalue weighted by molar-refractivity contribution is 0.702. The smallest absolute Gasteiger partial charge is 0.151 e. The average Bonchev–Trinajstić information content (AvgIpc) is 2.17. The van der Waals surface area contributed by atoms with Gasteiger partial charge in [0.05, 0.1) is 5.69 Å². The zero-order chi connectivity index (χ0) is 11.3. The van der Waals surface area contributed by atoms with E-state index in [1.54, 1.807) is 6.20 Å². The zero-order valence-corrected chi connectivity index (χ0v) is 10.9. The highest BCUT2D eigenvalue weighted by atomic mass is 79.9. The number of aromatic nitrogens is 1. The fourth-order valence-electron chi connectivity index (χ4n) is 1.47. The molecule has 4 heteroatoms. The number of unbranched alkanes of at least 4 members (excludes halogenated alkanes) is 2. The van der Waals surface area contributed by atoms with E-state index >= 15 is 0 Å². The topological polar surface area (TPSA) is 42.2 Å². The number of rotatable bonds is 5. The maximum absolute atomic E-state index is 5.89. The number of nitrogens with zero attached hydrogens (tertiary/aromatic N) is 2. The van der Waals surface area contributed by atoms with Gasteiger partial charge in [-0.25, -0.2) is 4.98 Å². The van der Waals surface area contributed by atoms with Gasteiger partial charge >= 0.3 is 0 Å². The number of halogens is 1. The number of hydrogen-bond acceptors (Lipinski definition) is 3. The standard InChI is InChI=1S/C11H18BrN3/c1-3-4-5-6-15(2)11-10(13)7-9(12)8-14-11/h7-8H,3-6,13H2,1-2H3. The fourth-order valence-corrected chi connectivity index (χ4v) is 1.82. The molecule has 0 aliphatic heterocycles. The summed E-state index contributed by atoms with van der Waals surface area (Å²) in [6.07, 6.45) is 5.45. The van der Waals surface area contributed by atoms with Crippen molar-refractivity contribution in [2.45, 2.75) is 26.2 Å². The third kappa shape index (κ3) is 3.70. The first-order valence-corrected chi connectivity index (χ1v) is 6.06. The number of nitrogens with two attached hydrogens (primary N) is 1. The predicted molar refractivity (Wildman–Crippen MR) is 69.1 cm³/mol. The molecular formula is C11H18BrN3. The van der Waals surface area contributed by atoms with Gasteiger partial charge in [0.25, 0.3) is 0 Å². The second-order valence-corrected chi connectivity index (χ2v) is 4.61. The number of hydrogen-bond donors (Lipinski definition) is 1. The first-order chi connectivity index (χ1) is 7.15. The minimum atomic E-state index is 0.725. The summed E-state index contributed by atoms with van der Waals surface area (Å²) in [4.78, 5) is 6.42. The van der Waals surface area contributed by atoms with Gasteiger partial charge in [-0.3, -0.25) is 0 Å². The average molecular weight is 272 g/mol. The van der Waals surface area contributed by atoms with Crippen LogP contribution in [0.4, 0.5) is 11.5 Å². The molecule has 0 aromatic carbocycles. The number of nitrogen functional groups attached to an aromatic ring is 1. The van der Waals surface area contributed by atoms with Gasteiger partial charge in [-0.15, -0.1) is 0 Å². The van der Waals surface area contributed by atoms with Crippen LogP contribution in [-0.2, 0) is 0 Å². The fraction of sp³-hybridized carbons (Fsp3) is 0.545. The van der Waals surface area contributed by atoms with Crippen molar-refractivity contribution in [1.82, 2.24) is 4.98 Å². The Morgan fingerprint density at radius 1 is 1.47 bits per heavy atom. The SMILES string of the molecule is CCCCCN(C)c1ncc(Br)cc1N. The van der Waals surface area contributed by atoms with Gasteiger partial charge in [0.15, 0.2) is 5.82 Å². The van der Waals surface area contributed by atoms with Crippen molar-refractivity contribution in [2.75, 3.05) is 24.2 Å². The highest BCUT2D eigenvalue weighted by Crippen LogP contribution is 2.22. The van der Waals surface area contributed by atoms with Gasteiger partial charge in [0, 0.05) is 24.3 Å². The van der Waals surface area contributed by atoms with Crippen LogP contribution in [0.3, 0.4) is 0 Å². The van der Waals surface area contributed by atoms with Crippen LogP contribution in [0, 0.1) is 0 Å². The summed E-state index contributed by atoms with van der Waals surface area (Å²) in [5.41, 5.74) is 6.62. The summed E-state index contributed by atoms with van der Waals surface area (Å²) in [6, 6.07) is 1.89. The summed E-state index contributed by atoms with van der Waals surface area (Å²) in [6.45, 7) is 3.21. The van der Waals surface area contributed by atoms with Gasteiger partial charge in [-0.2, -0.15) is 0 Å². The minimum absolute atomic E-state index is 0.725. The number of pyridine rings is 1. The van der Waals surface area contributed by atoms with E-state index in [0.717, 1.165) is 22.5 Å². The summed E-state index contributed by atoms with van der Waals surface area (Å²) < 4.78 is 0.922. The van der Waals surface area contributed by atoms with E-state index in [4.69, 9.17) is 5.73 Å². The van der Waals surface area contributed by atoms with Crippen molar-refractivity contribution in [2.24, 2.45) is 0 Å². The Kier molecular flexibility index (Phi) is 4.88. The predicted octanol–water partition coefficient (Wildman–Crippen LogP) is 3.05. The van der Waals surface area contributed by atoms with E-state index in [1.165, 1.54) is 19.3 Å². The third-order valence-corrected chi connectivity index (χ3v) is 2.75. The Morgan fingerprint density at radius 2 is 2.20 bits per heavy atom. The normalized spacial score (nSPS) is 10.3. The molecule has 0 atom stereocenters. The molecule has 0 saturated carbocycles. The summed E-state index contributed by atoms with van der Waals surface area (Å²) in [5.74, 6) is 0.870. The summed E-state index contributed by atoms with van der Waals surface area (Å²) >= 11 is 3.35. The van der Waals surface area contributed by atoms with Crippen LogP contribution in [-0.4, -0.2) is 18.6 Å². The maximum Gasteiger partial charge on any atom is 0.151 e. The van der Waals surface area contributed by atoms with Crippen molar-refractivity contribution in [1.29, 1.82) is 0 Å². The minimum Gasteiger partial charge on any atom is -0.396 e. The molecule has 0 aliphatic carbocycles. The zero-order valence-electron chi connectivity index (χ0n) is 9.33. The molecular weight excluding hydrogens is 254 g/mol. The Bertz CT molecular complexity index is 315. The second-order valence-electron chi connectivity index (χ2n) is 3.70. The van der Waals surface area contributed by atoms with Crippen LogP contribution in [0.5, 0.6) is 0 Å². The van der Waals surface area contributed by atoms with Crippen molar-refractivity contribution >= 4 is 27.4 Å². The number of anilines is 2. The van der Waals surface area contributed by atoms with E-state index in [9.17, 15) is 0 Å². The van der Waals surface area contributed by atoms with Crippen molar-refractivity contribution in [3.63, 3.8) is 0 Å². The molecule has 0 radical (unpaired) electrons. The molecule has 15 heavy (non-hydrogen) atoms. The van der Waals surface area contributed by atoms with Crippen LogP contribution in [0.2, 0.25) is 0 Å². The van der Waals surface area contributed by atoms with Crippen LogP contribution in [0.1, 0.15) is 26.2 Å². The van der Waals surface area contributed by atoms with Crippen LogP contribution >= 0.6 is 15.9 Å². The van der Waals surface area contributed by atoms with Gasteiger partial charge < -0.3 is 10.6 Å². The molecule has 0 aliphatic rings. The molecule has 2 N–H and O–H groups in total. The summed E-state index contributed by atoms with van der Waals surface area (Å²) in [7, 11) is 2.03. The van der Waals surface area contributed by atoms with Gasteiger partial charge in [0.2, 0.25) is 0 Å². The molecule has 0 unspecified atom stereocenters. The molecule has 0 amide bonds. The molecule has 1 aromatic rings. The molecule has 1 rings (SSSR count). The molecule has 0 bridgehead atoms. The Morgan fingerprint density at radius 3 is 2.80 bits per heavy atom. The first kappa shape index (κ1) is 12.3. The van der Waals surface area contributed by atoms with E-state index < -0.39 is 0 Å². The van der Waals surface area contributed by atoms with E-state index in [0.29, 0.717) is 0 Å². The van der Waals surface area contributed by atoms with Gasteiger partial charge in [-0.05, 0) is 28.4 Å². The highest BCUT2D eigenvalue weighted by Gasteiger charge is 2.06. The Balaban J connectivity index is 2.61. The molecule has 1 aromatic heterocycles. The Labute approximate surface area is 99.8 Å². The van der Waals surface area contributed by atoms with E-state index in [-0.39, 0.29) is 0 Å². The maximum atomic E-state index is 5.89. The molecule has 3 nitrogen and oxygen atoms in total. The third-order valence-electron chi connectivity index (χ3n) is 2.32. The van der Waals surface area contributed by atoms with Crippen molar-refractivity contribution in [3.05, 3.63) is 16.7 Å².